The lowest BCUT2D eigenvalue weighted by Crippen LogP contribution is -2.44. The topological polar surface area (TPSA) is 42.0 Å². The summed E-state index contributed by atoms with van der Waals surface area (Å²) < 4.78 is 0. The number of nitrogens with zero attached hydrogens (tertiary/aromatic N) is 1. The molecule has 0 saturated heterocycles. The number of nitrogens with one attached hydrogen (secondary N) is 1. The summed E-state index contributed by atoms with van der Waals surface area (Å²) in [6, 6.07) is 5.79. The average molecular weight is 232 g/mol. The predicted octanol–water partition coefficient (Wildman–Crippen LogP) is 2.62. The third-order valence-electron chi connectivity index (χ3n) is 3.47. The maximum atomic E-state index is 12.1. The standard InChI is InChI=1S/C14H20N2O/c1-14(2,12-9-5-6-10-15-12)16-13(17)11-7-3-4-8-11/h5-6,9-11H,3-4,7-8H2,1-2H3,(H,16,17). The summed E-state index contributed by atoms with van der Waals surface area (Å²) in [5, 5.41) is 3.11. The molecule has 1 amide bonds. The second kappa shape index (κ2) is 4.86. The van der Waals surface area contributed by atoms with Gasteiger partial charge in [0, 0.05) is 12.1 Å². The molecular weight excluding hydrogens is 212 g/mol. The van der Waals surface area contributed by atoms with Gasteiger partial charge >= 0.3 is 0 Å². The van der Waals surface area contributed by atoms with E-state index in [1.54, 1.807) is 6.20 Å². The van der Waals surface area contributed by atoms with Crippen molar-refractivity contribution in [3.8, 4) is 0 Å². The van der Waals surface area contributed by atoms with Crippen LogP contribution in [0.15, 0.2) is 24.4 Å². The molecule has 0 aliphatic heterocycles. The van der Waals surface area contributed by atoms with Crippen LogP contribution in [0.5, 0.6) is 0 Å². The Labute approximate surface area is 103 Å². The number of aromatic nitrogens is 1. The summed E-state index contributed by atoms with van der Waals surface area (Å²) in [7, 11) is 0. The molecule has 0 bridgehead atoms. The molecule has 1 fully saturated rings. The third kappa shape index (κ3) is 2.84. The summed E-state index contributed by atoms with van der Waals surface area (Å²) in [4.78, 5) is 16.4. The van der Waals surface area contributed by atoms with Crippen LogP contribution >= 0.6 is 0 Å². The normalized spacial score (nSPS) is 17.1. The lowest BCUT2D eigenvalue weighted by Gasteiger charge is -2.27. The van der Waals surface area contributed by atoms with Crippen molar-refractivity contribution < 1.29 is 4.79 Å². The number of pyridine rings is 1. The van der Waals surface area contributed by atoms with Gasteiger partial charge in [0.25, 0.3) is 0 Å². The molecule has 17 heavy (non-hydrogen) atoms. The van der Waals surface area contributed by atoms with Crippen molar-refractivity contribution in [3.63, 3.8) is 0 Å². The molecule has 0 spiro atoms. The molecule has 92 valence electrons. The van der Waals surface area contributed by atoms with Gasteiger partial charge in [-0.25, -0.2) is 0 Å². The highest BCUT2D eigenvalue weighted by atomic mass is 16.2. The molecule has 1 aromatic heterocycles. The minimum Gasteiger partial charge on any atom is -0.345 e. The van der Waals surface area contributed by atoms with Gasteiger partial charge in [-0.05, 0) is 38.8 Å². The Morgan fingerprint density at radius 2 is 2.06 bits per heavy atom. The summed E-state index contributed by atoms with van der Waals surface area (Å²) >= 11 is 0. The van der Waals surface area contributed by atoms with Crippen LogP contribution in [0.25, 0.3) is 0 Å². The fourth-order valence-electron chi connectivity index (χ4n) is 2.39. The highest BCUT2D eigenvalue weighted by molar-refractivity contribution is 5.79. The van der Waals surface area contributed by atoms with Crippen molar-refractivity contribution in [2.75, 3.05) is 0 Å². The highest BCUT2D eigenvalue weighted by Gasteiger charge is 2.29. The van der Waals surface area contributed by atoms with E-state index in [0.717, 1.165) is 18.5 Å². The van der Waals surface area contributed by atoms with Crippen LogP contribution in [-0.2, 0) is 10.3 Å². The Morgan fingerprint density at radius 1 is 1.35 bits per heavy atom. The molecule has 0 radical (unpaired) electrons. The summed E-state index contributed by atoms with van der Waals surface area (Å²) in [6.07, 6.45) is 6.19. The summed E-state index contributed by atoms with van der Waals surface area (Å²) in [6.45, 7) is 4.00. The molecule has 0 atom stereocenters. The van der Waals surface area contributed by atoms with Crippen LogP contribution in [0.2, 0.25) is 0 Å². The Hall–Kier alpha value is -1.38. The van der Waals surface area contributed by atoms with Gasteiger partial charge in [-0.2, -0.15) is 0 Å². The first kappa shape index (κ1) is 12.1. The largest absolute Gasteiger partial charge is 0.345 e. The Kier molecular flexibility index (Phi) is 3.46. The van der Waals surface area contributed by atoms with Crippen LogP contribution in [0.3, 0.4) is 0 Å². The van der Waals surface area contributed by atoms with Gasteiger partial charge in [-0.15, -0.1) is 0 Å². The average Bonchev–Trinajstić information content (AvgIpc) is 2.83. The SMILES string of the molecule is CC(C)(NC(=O)C1CCCC1)c1ccccn1. The van der Waals surface area contributed by atoms with Crippen molar-refractivity contribution in [1.82, 2.24) is 10.3 Å². The lowest BCUT2D eigenvalue weighted by atomic mass is 9.97. The van der Waals surface area contributed by atoms with Crippen molar-refractivity contribution in [2.24, 2.45) is 5.92 Å². The summed E-state index contributed by atoms with van der Waals surface area (Å²) in [5.41, 5.74) is 0.521. The fraction of sp³-hybridized carbons (Fsp3) is 0.571. The molecule has 0 unspecified atom stereocenters. The number of hydrogen-bond donors (Lipinski definition) is 1. The minimum absolute atomic E-state index is 0.179. The van der Waals surface area contributed by atoms with Crippen LogP contribution < -0.4 is 5.32 Å². The van der Waals surface area contributed by atoms with E-state index in [1.807, 2.05) is 32.0 Å². The zero-order chi connectivity index (χ0) is 12.3. The van der Waals surface area contributed by atoms with Gasteiger partial charge in [0.2, 0.25) is 5.91 Å². The smallest absolute Gasteiger partial charge is 0.223 e. The number of amides is 1. The van der Waals surface area contributed by atoms with Crippen LogP contribution in [0.1, 0.15) is 45.2 Å². The molecule has 1 saturated carbocycles. The van der Waals surface area contributed by atoms with Gasteiger partial charge in [-0.1, -0.05) is 18.9 Å². The van der Waals surface area contributed by atoms with Gasteiger partial charge in [-0.3, -0.25) is 9.78 Å². The molecule has 2 rings (SSSR count). The van der Waals surface area contributed by atoms with Crippen LogP contribution in [0, 0.1) is 5.92 Å². The molecule has 3 nitrogen and oxygen atoms in total. The number of rotatable bonds is 3. The van der Waals surface area contributed by atoms with E-state index < -0.39 is 0 Å². The third-order valence-corrected chi connectivity index (χ3v) is 3.47. The number of hydrogen-bond acceptors (Lipinski definition) is 2. The van der Waals surface area contributed by atoms with E-state index in [4.69, 9.17) is 0 Å². The predicted molar refractivity (Wildman–Crippen MR) is 67.4 cm³/mol. The van der Waals surface area contributed by atoms with Crippen molar-refractivity contribution in [3.05, 3.63) is 30.1 Å². The van der Waals surface area contributed by atoms with Crippen molar-refractivity contribution >= 4 is 5.91 Å². The van der Waals surface area contributed by atoms with Gasteiger partial charge in [0.05, 0.1) is 11.2 Å². The minimum atomic E-state index is -0.388. The molecular formula is C14H20N2O. The Morgan fingerprint density at radius 3 is 2.65 bits per heavy atom. The Balaban J connectivity index is 2.04. The zero-order valence-corrected chi connectivity index (χ0v) is 10.6. The second-order valence-electron chi connectivity index (χ2n) is 5.31. The molecule has 1 N–H and O–H groups in total. The first-order valence-corrected chi connectivity index (χ1v) is 6.33. The van der Waals surface area contributed by atoms with E-state index >= 15 is 0 Å². The fourth-order valence-corrected chi connectivity index (χ4v) is 2.39. The highest BCUT2D eigenvalue weighted by Crippen LogP contribution is 2.26. The molecule has 1 aliphatic carbocycles. The monoisotopic (exact) mass is 232 g/mol. The van der Waals surface area contributed by atoms with Crippen molar-refractivity contribution in [2.45, 2.75) is 45.1 Å². The van der Waals surface area contributed by atoms with E-state index in [9.17, 15) is 4.79 Å². The molecule has 0 aromatic carbocycles. The van der Waals surface area contributed by atoms with E-state index in [-0.39, 0.29) is 17.4 Å². The molecule has 1 aromatic rings. The van der Waals surface area contributed by atoms with Crippen molar-refractivity contribution in [1.29, 1.82) is 0 Å². The number of carbonyl (C=O) groups is 1. The quantitative estimate of drug-likeness (QED) is 0.870. The second-order valence-corrected chi connectivity index (χ2v) is 5.31. The molecule has 3 heteroatoms. The van der Waals surface area contributed by atoms with Gasteiger partial charge in [0.1, 0.15) is 0 Å². The van der Waals surface area contributed by atoms with Gasteiger partial charge < -0.3 is 5.32 Å². The summed E-state index contributed by atoms with van der Waals surface area (Å²) in [5.74, 6) is 0.385. The first-order chi connectivity index (χ1) is 8.09. The Bertz CT molecular complexity index is 380. The maximum Gasteiger partial charge on any atom is 0.223 e. The number of carbonyl (C=O) groups excluding carboxylic acids is 1. The zero-order valence-electron chi connectivity index (χ0n) is 10.6. The van der Waals surface area contributed by atoms with E-state index in [2.05, 4.69) is 10.3 Å². The van der Waals surface area contributed by atoms with Crippen LogP contribution in [-0.4, -0.2) is 10.9 Å². The molecule has 1 aliphatic rings. The van der Waals surface area contributed by atoms with Gasteiger partial charge in [0.15, 0.2) is 0 Å². The first-order valence-electron chi connectivity index (χ1n) is 6.33. The van der Waals surface area contributed by atoms with E-state index in [0.29, 0.717) is 0 Å². The maximum absolute atomic E-state index is 12.1. The lowest BCUT2D eigenvalue weighted by molar-refractivity contribution is -0.126. The van der Waals surface area contributed by atoms with Crippen LogP contribution in [0.4, 0.5) is 0 Å². The molecule has 1 heterocycles. The van der Waals surface area contributed by atoms with E-state index in [1.165, 1.54) is 12.8 Å².